The summed E-state index contributed by atoms with van der Waals surface area (Å²) in [5, 5.41) is 0. The molecule has 2 aromatic carbocycles. The van der Waals surface area contributed by atoms with Gasteiger partial charge >= 0.3 is 11.9 Å². The lowest BCUT2D eigenvalue weighted by Gasteiger charge is -2.54. The lowest BCUT2D eigenvalue weighted by Crippen LogP contribution is -2.61. The van der Waals surface area contributed by atoms with Gasteiger partial charge in [0.25, 0.3) is 0 Å². The Balaban J connectivity index is 0.920. The minimum absolute atomic E-state index is 0.103. The molecular formula is C32H36O6. The van der Waals surface area contributed by atoms with Crippen molar-refractivity contribution in [3.8, 4) is 23.0 Å². The summed E-state index contributed by atoms with van der Waals surface area (Å²) in [6.07, 6.45) is 6.72. The Morgan fingerprint density at radius 1 is 0.553 bits per heavy atom. The molecule has 0 heterocycles. The molecule has 0 saturated heterocycles. The Kier molecular flexibility index (Phi) is 5.54. The maximum absolute atomic E-state index is 13.3. The average Bonchev–Trinajstić information content (AvgIpc) is 3.67. The number of benzene rings is 2. The molecule has 0 spiro atoms. The van der Waals surface area contributed by atoms with E-state index in [0.29, 0.717) is 60.2 Å². The van der Waals surface area contributed by atoms with Crippen LogP contribution < -0.4 is 18.9 Å². The van der Waals surface area contributed by atoms with Gasteiger partial charge in [-0.2, -0.15) is 0 Å². The van der Waals surface area contributed by atoms with Crippen molar-refractivity contribution in [2.75, 3.05) is 13.2 Å². The van der Waals surface area contributed by atoms with E-state index in [9.17, 15) is 9.59 Å². The molecule has 0 atom stereocenters. The van der Waals surface area contributed by atoms with Crippen LogP contribution >= 0.6 is 0 Å². The van der Waals surface area contributed by atoms with E-state index in [-0.39, 0.29) is 22.8 Å². The van der Waals surface area contributed by atoms with Gasteiger partial charge in [-0.3, -0.25) is 9.59 Å². The smallest absolute Gasteiger partial charge is 0.318 e. The van der Waals surface area contributed by atoms with Crippen molar-refractivity contribution in [2.45, 2.75) is 52.4 Å². The van der Waals surface area contributed by atoms with Gasteiger partial charge in [-0.1, -0.05) is 39.5 Å². The van der Waals surface area contributed by atoms with E-state index >= 15 is 0 Å². The van der Waals surface area contributed by atoms with Gasteiger partial charge in [0.2, 0.25) is 0 Å². The van der Waals surface area contributed by atoms with E-state index in [4.69, 9.17) is 18.9 Å². The van der Waals surface area contributed by atoms with Crippen LogP contribution in [0.15, 0.2) is 48.5 Å². The summed E-state index contributed by atoms with van der Waals surface area (Å²) < 4.78 is 23.2. The first kappa shape index (κ1) is 24.1. The zero-order chi connectivity index (χ0) is 26.1. The fourth-order valence-corrected chi connectivity index (χ4v) is 8.80. The van der Waals surface area contributed by atoms with Crippen molar-refractivity contribution in [3.05, 3.63) is 48.5 Å². The molecule has 200 valence electrons. The number of hydrogen-bond donors (Lipinski definition) is 0. The van der Waals surface area contributed by atoms with Gasteiger partial charge in [0.15, 0.2) is 0 Å². The van der Waals surface area contributed by atoms with Crippen LogP contribution in [0.3, 0.4) is 0 Å². The van der Waals surface area contributed by atoms with E-state index in [2.05, 4.69) is 13.8 Å². The third-order valence-corrected chi connectivity index (χ3v) is 10.2. The highest BCUT2D eigenvalue weighted by Crippen LogP contribution is 3.10. The normalized spacial score (nSPS) is 35.3. The minimum Gasteiger partial charge on any atom is -0.494 e. The van der Waals surface area contributed by atoms with E-state index in [0.717, 1.165) is 50.0 Å². The average molecular weight is 517 g/mol. The van der Waals surface area contributed by atoms with Crippen LogP contribution in [0, 0.1) is 46.3 Å². The second-order valence-electron chi connectivity index (χ2n) is 11.9. The monoisotopic (exact) mass is 516 g/mol. The minimum atomic E-state index is -0.339. The summed E-state index contributed by atoms with van der Waals surface area (Å²) in [6.45, 7) is 5.75. The van der Waals surface area contributed by atoms with Crippen LogP contribution in [-0.2, 0) is 9.59 Å². The third kappa shape index (κ3) is 3.06. The van der Waals surface area contributed by atoms with Gasteiger partial charge in [0, 0.05) is 0 Å². The Bertz CT molecular complexity index is 1120. The number of unbranched alkanes of at least 4 members (excludes halogenated alkanes) is 4. The predicted octanol–water partition coefficient (Wildman–Crippen LogP) is 6.07. The number of esters is 2. The largest absolute Gasteiger partial charge is 0.494 e. The molecule has 0 amide bonds. The van der Waals surface area contributed by atoms with Crippen LogP contribution in [0.4, 0.5) is 0 Å². The van der Waals surface area contributed by atoms with Crippen molar-refractivity contribution in [1.82, 2.24) is 0 Å². The molecule has 0 radical (unpaired) electrons. The first-order valence-electron chi connectivity index (χ1n) is 14.5. The number of rotatable bonds is 14. The van der Waals surface area contributed by atoms with Crippen molar-refractivity contribution >= 4 is 11.9 Å². The molecular weight excluding hydrogens is 480 g/mol. The number of hydrogen-bond acceptors (Lipinski definition) is 6. The quantitative estimate of drug-likeness (QED) is 0.172. The van der Waals surface area contributed by atoms with Gasteiger partial charge in [-0.05, 0) is 96.9 Å². The summed E-state index contributed by atoms with van der Waals surface area (Å²) in [7, 11) is 0. The Morgan fingerprint density at radius 3 is 1.18 bits per heavy atom. The predicted molar refractivity (Wildman–Crippen MR) is 140 cm³/mol. The van der Waals surface area contributed by atoms with Crippen LogP contribution in [0.5, 0.6) is 23.0 Å². The summed E-state index contributed by atoms with van der Waals surface area (Å²) in [5.74, 6) is 4.29. The fourth-order valence-electron chi connectivity index (χ4n) is 8.80. The molecule has 8 rings (SSSR count). The van der Waals surface area contributed by atoms with Crippen LogP contribution in [0.25, 0.3) is 0 Å². The maximum atomic E-state index is 13.3. The molecule has 0 bridgehead atoms. The van der Waals surface area contributed by atoms with Gasteiger partial charge in [-0.25, -0.2) is 0 Å². The van der Waals surface area contributed by atoms with Gasteiger partial charge in [0.05, 0.1) is 24.0 Å². The summed E-state index contributed by atoms with van der Waals surface area (Å²) in [4.78, 5) is 26.5. The highest BCUT2D eigenvalue weighted by atomic mass is 16.5. The lowest BCUT2D eigenvalue weighted by atomic mass is 9.47. The molecule has 6 nitrogen and oxygen atoms in total. The molecule has 6 saturated carbocycles. The Labute approximate surface area is 224 Å². The SMILES string of the molecule is CCCCCOc1ccc(OC(=O)C23C4C2C2C5C3C4C52C(=O)Oc2ccc(OCCCCC)cc2)cc1. The van der Waals surface area contributed by atoms with E-state index in [1.54, 1.807) is 0 Å². The molecule has 6 aliphatic carbocycles. The zero-order valence-corrected chi connectivity index (χ0v) is 22.2. The second-order valence-corrected chi connectivity index (χ2v) is 11.9. The summed E-state index contributed by atoms with van der Waals surface area (Å²) >= 11 is 0. The molecule has 0 unspecified atom stereocenters. The highest BCUT2D eigenvalue weighted by molar-refractivity contribution is 5.98. The number of ether oxygens (including phenoxy) is 4. The fraction of sp³-hybridized carbons (Fsp3) is 0.562. The zero-order valence-electron chi connectivity index (χ0n) is 22.2. The molecule has 6 heteroatoms. The van der Waals surface area contributed by atoms with E-state index < -0.39 is 0 Å². The van der Waals surface area contributed by atoms with Crippen LogP contribution in [0.1, 0.15) is 52.4 Å². The lowest BCUT2D eigenvalue weighted by molar-refractivity contribution is -0.182. The van der Waals surface area contributed by atoms with Crippen molar-refractivity contribution < 1.29 is 28.5 Å². The van der Waals surface area contributed by atoms with E-state index in [1.807, 2.05) is 48.5 Å². The van der Waals surface area contributed by atoms with Crippen LogP contribution in [0.2, 0.25) is 0 Å². The van der Waals surface area contributed by atoms with Gasteiger partial charge in [0.1, 0.15) is 23.0 Å². The molecule has 0 aromatic heterocycles. The second kappa shape index (κ2) is 8.75. The first-order chi connectivity index (χ1) is 18.6. The highest BCUT2D eigenvalue weighted by Gasteiger charge is 3.13. The van der Waals surface area contributed by atoms with Gasteiger partial charge < -0.3 is 18.9 Å². The van der Waals surface area contributed by atoms with Crippen molar-refractivity contribution in [1.29, 1.82) is 0 Å². The number of carbonyl (C=O) groups is 2. The molecule has 0 N–H and O–H groups in total. The molecule has 0 aliphatic heterocycles. The number of carbonyl (C=O) groups excluding carboxylic acids is 2. The molecule has 6 fully saturated rings. The molecule has 6 aliphatic rings. The maximum Gasteiger partial charge on any atom is 0.318 e. The van der Waals surface area contributed by atoms with E-state index in [1.165, 1.54) is 0 Å². The summed E-state index contributed by atoms with van der Waals surface area (Å²) in [6, 6.07) is 14.7. The summed E-state index contributed by atoms with van der Waals surface area (Å²) in [5.41, 5.74) is -0.678. The molecule has 38 heavy (non-hydrogen) atoms. The van der Waals surface area contributed by atoms with Crippen molar-refractivity contribution in [2.24, 2.45) is 46.3 Å². The Morgan fingerprint density at radius 2 is 0.868 bits per heavy atom. The molecule has 2 aromatic rings. The topological polar surface area (TPSA) is 71.1 Å². The van der Waals surface area contributed by atoms with Gasteiger partial charge in [-0.15, -0.1) is 0 Å². The van der Waals surface area contributed by atoms with Crippen LogP contribution in [-0.4, -0.2) is 25.2 Å². The third-order valence-electron chi connectivity index (χ3n) is 10.2. The Hall–Kier alpha value is -3.02. The first-order valence-corrected chi connectivity index (χ1v) is 14.5. The standard InChI is InChI=1S/C32H36O6/c1-3-5-7-17-35-19-9-13-21(14-10-19)37-29(33)31-23-25(31)26-24-27(31)28(23)32(24,26)30(34)38-22-15-11-20(12-16-22)36-18-8-6-4-2/h9-16,23-28H,3-8,17-18H2,1-2H3. The van der Waals surface area contributed by atoms with Crippen molar-refractivity contribution in [3.63, 3.8) is 0 Å².